The van der Waals surface area contributed by atoms with Crippen molar-refractivity contribution in [2.45, 2.75) is 0 Å². The molecule has 0 heterocycles. The molecule has 0 aromatic carbocycles. The van der Waals surface area contributed by atoms with Gasteiger partial charge in [0.05, 0.1) is 0 Å². The van der Waals surface area contributed by atoms with Crippen LogP contribution >= 0.6 is 0 Å². The van der Waals surface area contributed by atoms with Crippen molar-refractivity contribution in [3.05, 3.63) is 0 Å². The predicted octanol–water partition coefficient (Wildman–Crippen LogP) is -0.772. The molecule has 0 aliphatic carbocycles. The molecule has 0 saturated heterocycles. The van der Waals surface area contributed by atoms with Crippen LogP contribution in [0.4, 0.5) is 0 Å². The summed E-state index contributed by atoms with van der Waals surface area (Å²) in [6.45, 7) is 0. The first-order valence-corrected chi connectivity index (χ1v) is 0. The van der Waals surface area contributed by atoms with Gasteiger partial charge in [0.25, 0.3) is 0 Å². The van der Waals surface area contributed by atoms with E-state index in [2.05, 4.69) is 0 Å². The van der Waals surface area contributed by atoms with Crippen molar-refractivity contribution >= 4 is 48.4 Å². The maximum Gasteiger partial charge on any atom is 0 e. The molecule has 0 unspecified atom stereocenters. The van der Waals surface area contributed by atoms with E-state index in [0.29, 0.717) is 0 Å². The molecule has 0 aliphatic rings. The van der Waals surface area contributed by atoms with Crippen LogP contribution < -0.4 is 0 Å². The fourth-order valence-corrected chi connectivity index (χ4v) is 0. The topological polar surface area (TPSA) is 0 Å². The Morgan fingerprint density at radius 1 is 1.00 bits per heavy atom. The Morgan fingerprint density at radius 2 is 1.00 bits per heavy atom. The van der Waals surface area contributed by atoms with Crippen LogP contribution in [0, 0.1) is 0 Å². The van der Waals surface area contributed by atoms with E-state index in [-0.39, 0.29) is 116 Å². The monoisotopic (exact) mass is 262 g/mol. The molecule has 0 aromatic heterocycles. The summed E-state index contributed by atoms with van der Waals surface area (Å²) in [6, 6.07) is 0. The molecule has 0 atom stereocenters. The Hall–Kier alpha value is 3.65. The van der Waals surface area contributed by atoms with E-state index in [4.69, 9.17) is 0 Å². The Bertz CT molecular complexity index is 15.5. The molecule has 0 saturated carbocycles. The summed E-state index contributed by atoms with van der Waals surface area (Å²) >= 11 is 0. The first-order chi connectivity index (χ1) is 0. The zero-order chi connectivity index (χ0) is 0. The summed E-state index contributed by atoms with van der Waals surface area (Å²) in [5, 5.41) is 0. The molecular weight excluding hydrogens is 263 g/mol. The fourth-order valence-electron chi connectivity index (χ4n) is 0. The van der Waals surface area contributed by atoms with E-state index >= 15 is 0 Å². The van der Waals surface area contributed by atoms with Gasteiger partial charge in [-0.1, -0.05) is 0 Å². The van der Waals surface area contributed by atoms with E-state index in [9.17, 15) is 0 Å². The van der Waals surface area contributed by atoms with E-state index in [0.717, 1.165) is 0 Å². The minimum absolute atomic E-state index is 0. The molecule has 0 bridgehead atoms. The molecular formula is CuFeLiMnNaNi. The summed E-state index contributed by atoms with van der Waals surface area (Å²) in [5.74, 6) is 0. The first-order valence-electron chi connectivity index (χ1n) is 0. The van der Waals surface area contributed by atoms with E-state index in [1.165, 1.54) is 0 Å². The van der Waals surface area contributed by atoms with Gasteiger partial charge in [0, 0.05) is 116 Å². The zero-order valence-corrected chi connectivity index (χ0v) is 9.56. The second kappa shape index (κ2) is 38.0. The van der Waals surface area contributed by atoms with Gasteiger partial charge in [0.15, 0.2) is 0 Å². The van der Waals surface area contributed by atoms with Gasteiger partial charge >= 0.3 is 0 Å². The number of hydrogen-bond donors (Lipinski definition) is 0. The Balaban J connectivity index is 0. The molecule has 0 fully saturated rings. The molecule has 6 heavy (non-hydrogen) atoms. The summed E-state index contributed by atoms with van der Waals surface area (Å²) < 4.78 is 0. The number of hydrogen-bond acceptors (Lipinski definition) is 0. The normalized spacial score (nSPS) is 0. The van der Waals surface area contributed by atoms with Crippen molar-refractivity contribution in [1.82, 2.24) is 0 Å². The average Bonchev–Trinajstić information content (AvgIpc) is 0. The standard InChI is InChI=1S/Cu.Fe.Li.Mn.Na.Ni. The third-order valence-electron chi connectivity index (χ3n) is 0. The third-order valence-corrected chi connectivity index (χ3v) is 0. The third kappa shape index (κ3) is 25.4. The second-order valence-corrected chi connectivity index (χ2v) is 0. The quantitative estimate of drug-likeness (QED) is 0.503. The molecule has 0 amide bonds. The molecule has 0 spiro atoms. The van der Waals surface area contributed by atoms with Crippen molar-refractivity contribution in [3.8, 4) is 0 Å². The van der Waals surface area contributed by atoms with E-state index in [1.807, 2.05) is 0 Å². The van der Waals surface area contributed by atoms with E-state index < -0.39 is 0 Å². The second-order valence-electron chi connectivity index (χ2n) is 0. The molecule has 0 N–H and O–H groups in total. The van der Waals surface area contributed by atoms with Gasteiger partial charge in [-0.3, -0.25) is 0 Å². The molecule has 0 rings (SSSR count). The van der Waals surface area contributed by atoms with Crippen LogP contribution in [0.15, 0.2) is 0 Å². The summed E-state index contributed by atoms with van der Waals surface area (Å²) in [6.07, 6.45) is 0. The van der Waals surface area contributed by atoms with Crippen LogP contribution in [0.2, 0.25) is 0 Å². The SMILES string of the molecule is [Cu].[Fe].[Li].[Mn].[Na].[Ni]. The van der Waals surface area contributed by atoms with Gasteiger partial charge in [0.1, 0.15) is 0 Å². The van der Waals surface area contributed by atoms with Crippen molar-refractivity contribution in [3.63, 3.8) is 0 Å². The Morgan fingerprint density at radius 3 is 1.00 bits per heavy atom. The van der Waals surface area contributed by atoms with E-state index in [1.54, 1.807) is 0 Å². The molecule has 0 aliphatic heterocycles. The Labute approximate surface area is 114 Å². The van der Waals surface area contributed by atoms with Crippen LogP contribution in [-0.4, -0.2) is 48.4 Å². The fraction of sp³-hybridized carbons (Fsp3) is 0. The van der Waals surface area contributed by atoms with Crippen LogP contribution in [0.3, 0.4) is 0 Å². The summed E-state index contributed by atoms with van der Waals surface area (Å²) in [4.78, 5) is 0. The minimum Gasteiger partial charge on any atom is 0 e. The molecule has 4 radical (unpaired) electrons. The maximum absolute atomic E-state index is 0. The van der Waals surface area contributed by atoms with Gasteiger partial charge in [-0.05, 0) is 0 Å². The zero-order valence-electron chi connectivity index (χ0n) is 3.35. The van der Waals surface area contributed by atoms with Crippen LogP contribution in [0.25, 0.3) is 0 Å². The van der Waals surface area contributed by atoms with Gasteiger partial charge in [-0.15, -0.1) is 0 Å². The van der Waals surface area contributed by atoms with Crippen molar-refractivity contribution in [1.29, 1.82) is 0 Å². The number of rotatable bonds is 0. The average molecular weight is 263 g/mol. The van der Waals surface area contributed by atoms with Gasteiger partial charge in [0.2, 0.25) is 0 Å². The smallest absolute Gasteiger partial charge is 0 e. The van der Waals surface area contributed by atoms with Gasteiger partial charge in [-0.2, -0.15) is 0 Å². The van der Waals surface area contributed by atoms with Crippen LogP contribution in [0.1, 0.15) is 0 Å². The molecule has 0 aromatic rings. The van der Waals surface area contributed by atoms with Gasteiger partial charge < -0.3 is 0 Å². The van der Waals surface area contributed by atoms with Crippen molar-refractivity contribution < 1.29 is 67.7 Å². The molecule has 38 valence electrons. The largest absolute Gasteiger partial charge is 0 e. The summed E-state index contributed by atoms with van der Waals surface area (Å²) in [5.41, 5.74) is 0. The predicted molar refractivity (Wildman–Crippen MR) is 11.5 cm³/mol. The first kappa shape index (κ1) is 54.2. The van der Waals surface area contributed by atoms with Crippen LogP contribution in [0.5, 0.6) is 0 Å². The maximum atomic E-state index is 0. The molecule has 0 nitrogen and oxygen atoms in total. The Kier molecular flexibility index (Phi) is 343. The molecule has 6 heteroatoms. The van der Waals surface area contributed by atoms with Crippen molar-refractivity contribution in [2.75, 3.05) is 0 Å². The van der Waals surface area contributed by atoms with Gasteiger partial charge in [-0.25, -0.2) is 0 Å². The minimum atomic E-state index is 0. The summed E-state index contributed by atoms with van der Waals surface area (Å²) in [7, 11) is 0. The van der Waals surface area contributed by atoms with Crippen molar-refractivity contribution in [2.24, 2.45) is 0 Å². The van der Waals surface area contributed by atoms with Crippen LogP contribution in [-0.2, 0) is 67.7 Å².